The molecular weight excluding hydrogens is 286 g/mol. The highest BCUT2D eigenvalue weighted by Gasteiger charge is 2.33. The van der Waals surface area contributed by atoms with Crippen LogP contribution in [0.5, 0.6) is 0 Å². The van der Waals surface area contributed by atoms with Crippen molar-refractivity contribution in [2.45, 2.75) is 30.4 Å². The summed E-state index contributed by atoms with van der Waals surface area (Å²) in [6, 6.07) is 0.280. The first-order valence-electron chi connectivity index (χ1n) is 6.29. The van der Waals surface area contributed by atoms with Gasteiger partial charge in [-0.3, -0.25) is 4.68 Å². The zero-order chi connectivity index (χ0) is 13.1. The van der Waals surface area contributed by atoms with Gasteiger partial charge >= 0.3 is 0 Å². The molecule has 102 valence electrons. The third kappa shape index (κ3) is 3.00. The quantitative estimate of drug-likeness (QED) is 0.926. The van der Waals surface area contributed by atoms with E-state index in [9.17, 15) is 0 Å². The molecule has 3 unspecified atom stereocenters. The molecular formula is C12H20ClN3S2. The Labute approximate surface area is 122 Å². The number of aromatic nitrogens is 2. The maximum Gasteiger partial charge on any atom is 0.0834 e. The summed E-state index contributed by atoms with van der Waals surface area (Å²) in [4.78, 5) is 0. The van der Waals surface area contributed by atoms with Crippen LogP contribution in [0.15, 0.2) is 6.20 Å². The van der Waals surface area contributed by atoms with Crippen LogP contribution in [0, 0.1) is 0 Å². The zero-order valence-corrected chi connectivity index (χ0v) is 13.4. The van der Waals surface area contributed by atoms with Gasteiger partial charge in [-0.15, -0.1) is 0 Å². The van der Waals surface area contributed by atoms with E-state index in [1.54, 1.807) is 6.20 Å². The van der Waals surface area contributed by atoms with E-state index in [2.05, 4.69) is 47.8 Å². The molecule has 0 aromatic carbocycles. The lowest BCUT2D eigenvalue weighted by Gasteiger charge is -2.35. The first-order valence-corrected chi connectivity index (χ1v) is 8.76. The average molecular weight is 306 g/mol. The molecule has 0 bridgehead atoms. The van der Waals surface area contributed by atoms with E-state index in [4.69, 9.17) is 11.6 Å². The number of nitrogens with one attached hydrogen (secondary N) is 1. The Kier molecular flexibility index (Phi) is 5.30. The third-order valence-electron chi connectivity index (χ3n) is 3.22. The van der Waals surface area contributed by atoms with Crippen LogP contribution in [0.4, 0.5) is 0 Å². The lowest BCUT2D eigenvalue weighted by Crippen LogP contribution is -2.38. The van der Waals surface area contributed by atoms with Gasteiger partial charge in [-0.25, -0.2) is 0 Å². The monoisotopic (exact) mass is 305 g/mol. The number of rotatable bonds is 4. The molecule has 6 heteroatoms. The maximum absolute atomic E-state index is 6.30. The molecule has 2 heterocycles. The minimum Gasteiger partial charge on any atom is -0.308 e. The number of hydrogen-bond acceptors (Lipinski definition) is 4. The molecule has 0 saturated carbocycles. The summed E-state index contributed by atoms with van der Waals surface area (Å²) >= 11 is 10.4. The summed E-state index contributed by atoms with van der Waals surface area (Å²) in [5.41, 5.74) is 1.12. The Morgan fingerprint density at radius 2 is 2.28 bits per heavy atom. The highest BCUT2D eigenvalue weighted by molar-refractivity contribution is 8.07. The van der Waals surface area contributed by atoms with E-state index in [0.29, 0.717) is 10.5 Å². The van der Waals surface area contributed by atoms with Crippen LogP contribution in [0.1, 0.15) is 25.6 Å². The Bertz CT molecular complexity index is 377. The fraction of sp³-hybridized carbons (Fsp3) is 0.750. The molecule has 0 spiro atoms. The number of hydrogen-bond donors (Lipinski definition) is 1. The molecule has 0 amide bonds. The van der Waals surface area contributed by atoms with Crippen molar-refractivity contribution in [2.24, 2.45) is 7.05 Å². The van der Waals surface area contributed by atoms with Gasteiger partial charge in [-0.1, -0.05) is 25.4 Å². The first-order chi connectivity index (χ1) is 8.65. The van der Waals surface area contributed by atoms with Crippen molar-refractivity contribution < 1.29 is 0 Å². The highest BCUT2D eigenvalue weighted by Crippen LogP contribution is 2.40. The number of halogens is 1. The van der Waals surface area contributed by atoms with Crippen LogP contribution in [0.3, 0.4) is 0 Å². The predicted octanol–water partition coefficient (Wildman–Crippen LogP) is 2.96. The van der Waals surface area contributed by atoms with Gasteiger partial charge in [0, 0.05) is 29.1 Å². The molecule has 1 aliphatic heterocycles. The minimum absolute atomic E-state index is 0.280. The maximum atomic E-state index is 6.30. The van der Waals surface area contributed by atoms with Crippen LogP contribution < -0.4 is 5.32 Å². The van der Waals surface area contributed by atoms with Gasteiger partial charge in [0.05, 0.1) is 23.0 Å². The van der Waals surface area contributed by atoms with Gasteiger partial charge in [0.15, 0.2) is 0 Å². The Morgan fingerprint density at radius 1 is 1.56 bits per heavy atom. The molecule has 3 nitrogen and oxygen atoms in total. The molecule has 1 N–H and O–H groups in total. The molecule has 1 saturated heterocycles. The van der Waals surface area contributed by atoms with Crippen LogP contribution in [-0.4, -0.2) is 38.3 Å². The molecule has 1 aromatic rings. The third-order valence-corrected chi connectivity index (χ3v) is 6.71. The Morgan fingerprint density at radius 3 is 2.83 bits per heavy atom. The normalized spacial score (nSPS) is 26.2. The molecule has 0 aliphatic carbocycles. The smallest absolute Gasteiger partial charge is 0.0834 e. The van der Waals surface area contributed by atoms with Crippen LogP contribution in [-0.2, 0) is 7.05 Å². The molecule has 1 aliphatic rings. The van der Waals surface area contributed by atoms with E-state index in [1.165, 1.54) is 11.5 Å². The van der Waals surface area contributed by atoms with Crippen LogP contribution in [0.2, 0.25) is 5.02 Å². The largest absolute Gasteiger partial charge is 0.308 e. The van der Waals surface area contributed by atoms with E-state index >= 15 is 0 Å². The summed E-state index contributed by atoms with van der Waals surface area (Å²) in [5.74, 6) is 2.47. The number of nitrogens with zero attached hydrogens (tertiary/aromatic N) is 2. The van der Waals surface area contributed by atoms with E-state index in [0.717, 1.165) is 17.3 Å². The Balaban J connectivity index is 2.27. The van der Waals surface area contributed by atoms with Crippen LogP contribution in [0.25, 0.3) is 0 Å². The molecule has 2 rings (SSSR count). The average Bonchev–Trinajstić information content (AvgIpc) is 2.68. The fourth-order valence-electron chi connectivity index (χ4n) is 2.37. The lowest BCUT2D eigenvalue weighted by atomic mass is 10.1. The summed E-state index contributed by atoms with van der Waals surface area (Å²) < 4.78 is 1.90. The van der Waals surface area contributed by atoms with Crippen molar-refractivity contribution in [1.82, 2.24) is 15.1 Å². The summed E-state index contributed by atoms with van der Waals surface area (Å²) in [6.45, 7) is 5.40. The molecule has 0 radical (unpaired) electrons. The zero-order valence-electron chi connectivity index (χ0n) is 11.0. The second kappa shape index (κ2) is 6.55. The summed E-state index contributed by atoms with van der Waals surface area (Å²) in [6.07, 6.45) is 1.74. The Hall–Kier alpha value is 0.160. The van der Waals surface area contributed by atoms with Gasteiger partial charge in [-0.2, -0.15) is 28.6 Å². The van der Waals surface area contributed by atoms with Crippen LogP contribution >= 0.6 is 35.1 Å². The summed E-state index contributed by atoms with van der Waals surface area (Å²) in [7, 11) is 1.97. The van der Waals surface area contributed by atoms with E-state index in [1.807, 2.05) is 11.7 Å². The van der Waals surface area contributed by atoms with E-state index in [-0.39, 0.29) is 6.04 Å². The minimum atomic E-state index is 0.280. The first kappa shape index (κ1) is 14.6. The van der Waals surface area contributed by atoms with Gasteiger partial charge in [0.25, 0.3) is 0 Å². The molecule has 3 atom stereocenters. The predicted molar refractivity (Wildman–Crippen MR) is 82.8 cm³/mol. The van der Waals surface area contributed by atoms with Gasteiger partial charge < -0.3 is 5.32 Å². The molecule has 18 heavy (non-hydrogen) atoms. The SMILES string of the molecule is CCNC(c1c(Cl)cnn1C)C1SCCSC1C. The highest BCUT2D eigenvalue weighted by atomic mass is 35.5. The molecule has 1 fully saturated rings. The van der Waals surface area contributed by atoms with Crippen molar-refractivity contribution in [3.63, 3.8) is 0 Å². The second-order valence-electron chi connectivity index (χ2n) is 4.45. The second-order valence-corrected chi connectivity index (χ2v) is 7.63. The van der Waals surface area contributed by atoms with Gasteiger partial charge in [-0.05, 0) is 6.54 Å². The summed E-state index contributed by atoms with van der Waals surface area (Å²) in [5, 5.41) is 9.82. The van der Waals surface area contributed by atoms with Crippen molar-refractivity contribution in [2.75, 3.05) is 18.1 Å². The van der Waals surface area contributed by atoms with Crippen molar-refractivity contribution in [3.05, 3.63) is 16.9 Å². The topological polar surface area (TPSA) is 29.9 Å². The van der Waals surface area contributed by atoms with Gasteiger partial charge in [0.1, 0.15) is 0 Å². The van der Waals surface area contributed by atoms with Gasteiger partial charge in [0.2, 0.25) is 0 Å². The standard InChI is InChI=1S/C12H20ClN3S2/c1-4-14-10(11-9(13)7-15-16(11)3)12-8(2)17-5-6-18-12/h7-8,10,12,14H,4-6H2,1-3H3. The van der Waals surface area contributed by atoms with Crippen molar-refractivity contribution >= 4 is 35.1 Å². The van der Waals surface area contributed by atoms with Crippen molar-refractivity contribution in [3.8, 4) is 0 Å². The fourth-order valence-corrected chi connectivity index (χ4v) is 5.58. The lowest BCUT2D eigenvalue weighted by molar-refractivity contribution is 0.489. The van der Waals surface area contributed by atoms with E-state index < -0.39 is 0 Å². The van der Waals surface area contributed by atoms with Crippen molar-refractivity contribution in [1.29, 1.82) is 0 Å². The number of thioether (sulfide) groups is 2. The molecule has 1 aromatic heterocycles. The number of aryl methyl sites for hydroxylation is 1.